The number of aryl methyl sites for hydroxylation is 1. The predicted octanol–water partition coefficient (Wildman–Crippen LogP) is 3.27. The molecule has 134 valence electrons. The van der Waals surface area contributed by atoms with Gasteiger partial charge in [-0.3, -0.25) is 0 Å². The minimum Gasteiger partial charge on any atom is -0.491 e. The highest BCUT2D eigenvalue weighted by Gasteiger charge is 2.16. The topological polar surface area (TPSA) is 60.2 Å². The van der Waals surface area contributed by atoms with Gasteiger partial charge in [0.05, 0.1) is 6.10 Å². The van der Waals surface area contributed by atoms with E-state index in [1.54, 1.807) is 11.8 Å². The van der Waals surface area contributed by atoms with Gasteiger partial charge < -0.3 is 14.4 Å². The molecule has 0 bridgehead atoms. The van der Waals surface area contributed by atoms with Gasteiger partial charge in [-0.1, -0.05) is 42.5 Å². The lowest BCUT2D eigenvalue weighted by Crippen LogP contribution is -2.20. The number of allylic oxidation sites excluding steroid dienone is 1. The molecule has 5 nitrogen and oxygen atoms in total. The standard InChI is InChI=1S/C19H25N3O2S/c1-2-8-15-9-5-6-10-17(15)24-13-16(23)14-25-19-21-20-18-11-4-3-7-12-22(18)19/h2,5-6,9-10,16,23H,1,3-4,7-8,11-14H2. The van der Waals surface area contributed by atoms with Crippen molar-refractivity contribution < 1.29 is 9.84 Å². The number of aliphatic hydroxyl groups excluding tert-OH is 1. The zero-order valence-electron chi connectivity index (χ0n) is 14.4. The lowest BCUT2D eigenvalue weighted by atomic mass is 10.1. The van der Waals surface area contributed by atoms with Gasteiger partial charge in [0.25, 0.3) is 0 Å². The zero-order chi connectivity index (χ0) is 17.5. The number of rotatable bonds is 8. The SMILES string of the molecule is C=CCc1ccccc1OCC(O)CSc1nnc2n1CCCCC2. The van der Waals surface area contributed by atoms with Crippen molar-refractivity contribution in [3.8, 4) is 5.75 Å². The summed E-state index contributed by atoms with van der Waals surface area (Å²) in [4.78, 5) is 0. The Morgan fingerprint density at radius 3 is 3.04 bits per heavy atom. The number of aromatic nitrogens is 3. The Labute approximate surface area is 153 Å². The van der Waals surface area contributed by atoms with Gasteiger partial charge in [0.1, 0.15) is 18.2 Å². The Bertz CT molecular complexity index is 702. The van der Waals surface area contributed by atoms with Gasteiger partial charge in [0.2, 0.25) is 0 Å². The number of benzene rings is 1. The van der Waals surface area contributed by atoms with Crippen LogP contribution in [0.3, 0.4) is 0 Å². The maximum atomic E-state index is 10.3. The number of hydrogen-bond acceptors (Lipinski definition) is 5. The van der Waals surface area contributed by atoms with Crippen LogP contribution in [0.15, 0.2) is 42.1 Å². The molecular formula is C19H25N3O2S. The third-order valence-corrected chi connectivity index (χ3v) is 5.36. The van der Waals surface area contributed by atoms with E-state index in [1.165, 1.54) is 19.3 Å². The molecule has 0 amide bonds. The van der Waals surface area contributed by atoms with Crippen LogP contribution in [-0.4, -0.2) is 38.3 Å². The fraction of sp³-hybridized carbons (Fsp3) is 0.474. The first-order chi connectivity index (χ1) is 12.3. The first kappa shape index (κ1) is 18.0. The van der Waals surface area contributed by atoms with Crippen LogP contribution in [0.25, 0.3) is 0 Å². The quantitative estimate of drug-likeness (QED) is 0.579. The van der Waals surface area contributed by atoms with Gasteiger partial charge in [-0.05, 0) is 30.9 Å². The number of thioether (sulfide) groups is 1. The highest BCUT2D eigenvalue weighted by atomic mass is 32.2. The molecule has 1 aromatic carbocycles. The molecule has 0 aliphatic carbocycles. The van der Waals surface area contributed by atoms with Crippen molar-refractivity contribution in [3.63, 3.8) is 0 Å². The summed E-state index contributed by atoms with van der Waals surface area (Å²) in [5.74, 6) is 2.42. The fourth-order valence-corrected chi connectivity index (χ4v) is 3.83. The number of ether oxygens (including phenoxy) is 1. The summed E-state index contributed by atoms with van der Waals surface area (Å²) in [6, 6.07) is 7.87. The molecule has 1 N–H and O–H groups in total. The van der Waals surface area contributed by atoms with Crippen molar-refractivity contribution >= 4 is 11.8 Å². The average molecular weight is 359 g/mol. The number of para-hydroxylation sites is 1. The Morgan fingerprint density at radius 2 is 2.16 bits per heavy atom. The molecule has 0 radical (unpaired) electrons. The highest BCUT2D eigenvalue weighted by molar-refractivity contribution is 7.99. The molecule has 0 saturated carbocycles. The molecule has 0 saturated heterocycles. The molecule has 1 unspecified atom stereocenters. The van der Waals surface area contributed by atoms with Crippen molar-refractivity contribution in [2.24, 2.45) is 0 Å². The van der Waals surface area contributed by atoms with E-state index in [0.717, 1.165) is 41.7 Å². The first-order valence-corrected chi connectivity index (χ1v) is 9.81. The van der Waals surface area contributed by atoms with Crippen LogP contribution >= 0.6 is 11.8 Å². The van der Waals surface area contributed by atoms with E-state index < -0.39 is 6.10 Å². The number of fused-ring (bicyclic) bond motifs is 1. The summed E-state index contributed by atoms with van der Waals surface area (Å²) in [5.41, 5.74) is 1.08. The molecule has 25 heavy (non-hydrogen) atoms. The van der Waals surface area contributed by atoms with Crippen LogP contribution < -0.4 is 4.74 Å². The van der Waals surface area contributed by atoms with E-state index in [2.05, 4.69) is 21.3 Å². The van der Waals surface area contributed by atoms with Crippen molar-refractivity contribution in [1.29, 1.82) is 0 Å². The lowest BCUT2D eigenvalue weighted by molar-refractivity contribution is 0.126. The third-order valence-electron chi connectivity index (χ3n) is 4.25. The second-order valence-corrected chi connectivity index (χ2v) is 7.22. The maximum absolute atomic E-state index is 10.3. The average Bonchev–Trinajstić information content (AvgIpc) is 2.86. The summed E-state index contributed by atoms with van der Waals surface area (Å²) < 4.78 is 8.00. The minimum atomic E-state index is -0.555. The molecule has 0 spiro atoms. The van der Waals surface area contributed by atoms with Crippen LogP contribution in [0, 0.1) is 0 Å². The lowest BCUT2D eigenvalue weighted by Gasteiger charge is -2.14. The number of hydrogen-bond donors (Lipinski definition) is 1. The van der Waals surface area contributed by atoms with Crippen molar-refractivity contribution in [3.05, 3.63) is 48.3 Å². The molecule has 0 fully saturated rings. The summed E-state index contributed by atoms with van der Waals surface area (Å²) in [5, 5.41) is 19.7. The van der Waals surface area contributed by atoms with E-state index >= 15 is 0 Å². The first-order valence-electron chi connectivity index (χ1n) is 8.82. The normalized spacial score (nSPS) is 15.2. The molecule has 1 atom stereocenters. The summed E-state index contributed by atoms with van der Waals surface area (Å²) in [7, 11) is 0. The van der Waals surface area contributed by atoms with Crippen molar-refractivity contribution in [2.75, 3.05) is 12.4 Å². The van der Waals surface area contributed by atoms with Crippen LogP contribution in [-0.2, 0) is 19.4 Å². The molecular weight excluding hydrogens is 334 g/mol. The molecule has 3 rings (SSSR count). The van der Waals surface area contributed by atoms with Crippen LogP contribution in [0.5, 0.6) is 5.75 Å². The molecule has 1 aliphatic heterocycles. The Balaban J connectivity index is 1.51. The number of aliphatic hydroxyl groups is 1. The minimum absolute atomic E-state index is 0.266. The van der Waals surface area contributed by atoms with Gasteiger partial charge >= 0.3 is 0 Å². The summed E-state index contributed by atoms with van der Waals surface area (Å²) in [6.45, 7) is 5.01. The van der Waals surface area contributed by atoms with Crippen molar-refractivity contribution in [1.82, 2.24) is 14.8 Å². The zero-order valence-corrected chi connectivity index (χ0v) is 15.2. The van der Waals surface area contributed by atoms with E-state index in [-0.39, 0.29) is 6.61 Å². The van der Waals surface area contributed by atoms with Gasteiger partial charge in [-0.25, -0.2) is 0 Å². The van der Waals surface area contributed by atoms with Crippen LogP contribution in [0.4, 0.5) is 0 Å². The maximum Gasteiger partial charge on any atom is 0.191 e. The smallest absolute Gasteiger partial charge is 0.191 e. The third kappa shape index (κ3) is 4.86. The second kappa shape index (κ2) is 9.06. The summed E-state index contributed by atoms with van der Waals surface area (Å²) in [6.07, 6.45) is 6.65. The van der Waals surface area contributed by atoms with Crippen LogP contribution in [0.2, 0.25) is 0 Å². The van der Waals surface area contributed by atoms with Crippen LogP contribution in [0.1, 0.15) is 30.7 Å². The van der Waals surface area contributed by atoms with E-state index in [4.69, 9.17) is 4.74 Å². The van der Waals surface area contributed by atoms with E-state index in [9.17, 15) is 5.11 Å². The molecule has 2 heterocycles. The largest absolute Gasteiger partial charge is 0.491 e. The van der Waals surface area contributed by atoms with Gasteiger partial charge in [-0.2, -0.15) is 0 Å². The Hall–Kier alpha value is -1.79. The molecule has 1 aliphatic rings. The predicted molar refractivity (Wildman–Crippen MR) is 100 cm³/mol. The van der Waals surface area contributed by atoms with Gasteiger partial charge in [0, 0.05) is 18.7 Å². The van der Waals surface area contributed by atoms with Crippen molar-refractivity contribution in [2.45, 2.75) is 49.9 Å². The monoisotopic (exact) mass is 359 g/mol. The van der Waals surface area contributed by atoms with E-state index in [0.29, 0.717) is 5.75 Å². The summed E-state index contributed by atoms with van der Waals surface area (Å²) >= 11 is 1.55. The Morgan fingerprint density at radius 1 is 1.28 bits per heavy atom. The molecule has 1 aromatic heterocycles. The Kier molecular flexibility index (Phi) is 6.53. The number of nitrogens with zero attached hydrogens (tertiary/aromatic N) is 3. The molecule has 2 aromatic rings. The van der Waals surface area contributed by atoms with Gasteiger partial charge in [0.15, 0.2) is 5.16 Å². The van der Waals surface area contributed by atoms with E-state index in [1.807, 2.05) is 30.3 Å². The van der Waals surface area contributed by atoms with Gasteiger partial charge in [-0.15, -0.1) is 16.8 Å². The fourth-order valence-electron chi connectivity index (χ4n) is 2.94. The highest BCUT2D eigenvalue weighted by Crippen LogP contribution is 2.23. The molecule has 6 heteroatoms. The second-order valence-electron chi connectivity index (χ2n) is 6.24.